The molecule has 5 fully saturated rings. The van der Waals surface area contributed by atoms with Crippen LogP contribution in [0.3, 0.4) is 0 Å². The third kappa shape index (κ3) is 3.60. The van der Waals surface area contributed by atoms with Gasteiger partial charge in [0.15, 0.2) is 0 Å². The summed E-state index contributed by atoms with van der Waals surface area (Å²) in [6.07, 6.45) is 10.1. The molecule has 3 heteroatoms. The molecule has 0 spiro atoms. The van der Waals surface area contributed by atoms with Crippen LogP contribution in [0, 0.1) is 23.2 Å². The number of likely N-dealkylation sites (tertiary alicyclic amines) is 1. The van der Waals surface area contributed by atoms with Gasteiger partial charge in [0.2, 0.25) is 0 Å². The SMILES string of the molecule is O=C(CC1CCN(Cc2ccccc2)CC1)C12CC3CC(CC(Cl)(C3)C1)C2. The number of carbonyl (C=O) groups excluding carboxylic acids is 1. The first-order valence-electron chi connectivity index (χ1n) is 11.0. The lowest BCUT2D eigenvalue weighted by atomic mass is 9.47. The molecule has 6 rings (SSSR count). The maximum atomic E-state index is 13.4. The fourth-order valence-corrected chi connectivity index (χ4v) is 7.84. The highest BCUT2D eigenvalue weighted by Gasteiger charge is 2.59. The fraction of sp³-hybridized carbons (Fsp3) is 0.708. The Hall–Kier alpha value is -0.860. The second-order valence-corrected chi connectivity index (χ2v) is 11.0. The van der Waals surface area contributed by atoms with Crippen molar-refractivity contribution in [1.29, 1.82) is 0 Å². The van der Waals surface area contributed by atoms with Crippen LogP contribution in [0.15, 0.2) is 30.3 Å². The summed E-state index contributed by atoms with van der Waals surface area (Å²) in [5.41, 5.74) is 1.35. The number of carbonyl (C=O) groups is 1. The smallest absolute Gasteiger partial charge is 0.139 e. The van der Waals surface area contributed by atoms with Gasteiger partial charge in [0.05, 0.1) is 0 Å². The Morgan fingerprint density at radius 2 is 1.70 bits per heavy atom. The molecular weight excluding hydrogens is 354 g/mol. The largest absolute Gasteiger partial charge is 0.299 e. The molecule has 0 N–H and O–H groups in total. The molecule has 4 aliphatic carbocycles. The van der Waals surface area contributed by atoms with Gasteiger partial charge >= 0.3 is 0 Å². The number of ketones is 1. The highest BCUT2D eigenvalue weighted by atomic mass is 35.5. The number of hydrogen-bond acceptors (Lipinski definition) is 2. The van der Waals surface area contributed by atoms with E-state index in [2.05, 4.69) is 35.2 Å². The molecule has 2 atom stereocenters. The van der Waals surface area contributed by atoms with E-state index < -0.39 is 0 Å². The molecule has 4 saturated carbocycles. The van der Waals surface area contributed by atoms with Crippen molar-refractivity contribution in [2.45, 2.75) is 69.2 Å². The van der Waals surface area contributed by atoms with Gasteiger partial charge in [-0.15, -0.1) is 11.6 Å². The second kappa shape index (κ2) is 6.88. The summed E-state index contributed by atoms with van der Waals surface area (Å²) in [4.78, 5) is 15.9. The third-order valence-electron chi connectivity index (χ3n) is 8.01. The van der Waals surface area contributed by atoms with E-state index in [1.54, 1.807) is 0 Å². The lowest BCUT2D eigenvalue weighted by Crippen LogP contribution is -2.56. The van der Waals surface area contributed by atoms with E-state index in [-0.39, 0.29) is 10.3 Å². The topological polar surface area (TPSA) is 20.3 Å². The molecule has 146 valence electrons. The maximum absolute atomic E-state index is 13.4. The van der Waals surface area contributed by atoms with Crippen LogP contribution in [0.25, 0.3) is 0 Å². The van der Waals surface area contributed by atoms with Crippen molar-refractivity contribution < 1.29 is 4.79 Å². The lowest BCUT2D eigenvalue weighted by molar-refractivity contribution is -0.143. The average Bonchev–Trinajstić information content (AvgIpc) is 2.62. The molecule has 1 aliphatic heterocycles. The van der Waals surface area contributed by atoms with Gasteiger partial charge in [-0.05, 0) is 87.8 Å². The summed E-state index contributed by atoms with van der Waals surface area (Å²) in [5.74, 6) is 2.60. The van der Waals surface area contributed by atoms with E-state index in [1.165, 1.54) is 24.8 Å². The minimum Gasteiger partial charge on any atom is -0.299 e. The highest BCUT2D eigenvalue weighted by molar-refractivity contribution is 6.24. The highest BCUT2D eigenvalue weighted by Crippen LogP contribution is 2.64. The maximum Gasteiger partial charge on any atom is 0.139 e. The van der Waals surface area contributed by atoms with Crippen LogP contribution < -0.4 is 0 Å². The Balaban J connectivity index is 1.17. The van der Waals surface area contributed by atoms with E-state index in [0.717, 1.165) is 70.0 Å². The van der Waals surface area contributed by atoms with Crippen LogP contribution in [-0.2, 0) is 11.3 Å². The third-order valence-corrected chi connectivity index (χ3v) is 8.45. The number of Topliss-reactive ketones (excluding diaryl/α,β-unsaturated/α-hetero) is 1. The molecule has 0 radical (unpaired) electrons. The molecule has 1 saturated heterocycles. The number of nitrogens with zero attached hydrogens (tertiary/aromatic N) is 1. The van der Waals surface area contributed by atoms with Gasteiger partial charge in [-0.25, -0.2) is 0 Å². The normalized spacial score (nSPS) is 39.0. The predicted molar refractivity (Wildman–Crippen MR) is 110 cm³/mol. The van der Waals surface area contributed by atoms with E-state index >= 15 is 0 Å². The Labute approximate surface area is 168 Å². The minimum atomic E-state index is -0.0486. The number of benzene rings is 1. The summed E-state index contributed by atoms with van der Waals surface area (Å²) >= 11 is 6.94. The van der Waals surface area contributed by atoms with Crippen molar-refractivity contribution in [2.75, 3.05) is 13.1 Å². The van der Waals surface area contributed by atoms with Gasteiger partial charge in [-0.1, -0.05) is 30.3 Å². The molecule has 1 aromatic carbocycles. The molecule has 0 aromatic heterocycles. The van der Waals surface area contributed by atoms with Crippen molar-refractivity contribution >= 4 is 17.4 Å². The molecule has 1 aromatic rings. The van der Waals surface area contributed by atoms with Crippen LogP contribution in [0.5, 0.6) is 0 Å². The van der Waals surface area contributed by atoms with E-state index in [9.17, 15) is 4.79 Å². The Kier molecular flexibility index (Phi) is 4.64. The van der Waals surface area contributed by atoms with Gasteiger partial charge in [-0.3, -0.25) is 9.69 Å². The second-order valence-electron chi connectivity index (χ2n) is 10.2. The van der Waals surface area contributed by atoms with Gasteiger partial charge in [0, 0.05) is 23.3 Å². The summed E-state index contributed by atoms with van der Waals surface area (Å²) in [6.45, 7) is 3.30. The van der Waals surface area contributed by atoms with Crippen LogP contribution in [0.4, 0.5) is 0 Å². The molecule has 2 nitrogen and oxygen atoms in total. The standard InChI is InChI=1S/C24H32ClNO/c25-24-14-20-10-21(15-24)13-23(12-20,17-24)22(27)11-18-6-8-26(9-7-18)16-19-4-2-1-3-5-19/h1-5,18,20-21H,6-17H2. The summed E-state index contributed by atoms with van der Waals surface area (Å²) in [6, 6.07) is 10.7. The lowest BCUT2D eigenvalue weighted by Gasteiger charge is -2.59. The van der Waals surface area contributed by atoms with Crippen molar-refractivity contribution in [3.05, 3.63) is 35.9 Å². The zero-order chi connectivity index (χ0) is 18.5. The monoisotopic (exact) mass is 385 g/mol. The Morgan fingerprint density at radius 1 is 1.04 bits per heavy atom. The molecule has 0 amide bonds. The van der Waals surface area contributed by atoms with Crippen molar-refractivity contribution in [3.63, 3.8) is 0 Å². The van der Waals surface area contributed by atoms with Gasteiger partial charge in [0.25, 0.3) is 0 Å². The molecular formula is C24H32ClNO. The molecule has 27 heavy (non-hydrogen) atoms. The number of hydrogen-bond donors (Lipinski definition) is 0. The number of rotatable bonds is 5. The van der Waals surface area contributed by atoms with Crippen LogP contribution in [0.1, 0.15) is 63.4 Å². The molecule has 5 aliphatic rings. The summed E-state index contributed by atoms with van der Waals surface area (Å²) < 4.78 is 0. The predicted octanol–water partition coefficient (Wildman–Crippen LogP) is 5.44. The minimum absolute atomic E-state index is 0.0429. The van der Waals surface area contributed by atoms with E-state index in [0.29, 0.717) is 11.7 Å². The van der Waals surface area contributed by atoms with Crippen molar-refractivity contribution in [1.82, 2.24) is 4.90 Å². The van der Waals surface area contributed by atoms with E-state index in [1.807, 2.05) is 0 Å². The molecule has 2 unspecified atom stereocenters. The summed E-state index contributed by atoms with van der Waals surface area (Å²) in [7, 11) is 0. The Bertz CT molecular complexity index is 680. The van der Waals surface area contributed by atoms with Gasteiger partial charge in [0.1, 0.15) is 5.78 Å². The first-order chi connectivity index (χ1) is 13.0. The Morgan fingerprint density at radius 3 is 2.33 bits per heavy atom. The van der Waals surface area contributed by atoms with Gasteiger partial charge in [-0.2, -0.15) is 0 Å². The average molecular weight is 386 g/mol. The number of halogens is 1. The fourth-order valence-electron chi connectivity index (χ4n) is 7.15. The van der Waals surface area contributed by atoms with Crippen LogP contribution in [0.2, 0.25) is 0 Å². The number of piperidine rings is 1. The molecule has 4 bridgehead atoms. The zero-order valence-electron chi connectivity index (χ0n) is 16.3. The van der Waals surface area contributed by atoms with Crippen molar-refractivity contribution in [2.24, 2.45) is 23.2 Å². The van der Waals surface area contributed by atoms with Crippen LogP contribution >= 0.6 is 11.6 Å². The van der Waals surface area contributed by atoms with Crippen molar-refractivity contribution in [3.8, 4) is 0 Å². The molecule has 1 heterocycles. The summed E-state index contributed by atoms with van der Waals surface area (Å²) in [5, 5.41) is 0. The number of alkyl halides is 1. The van der Waals surface area contributed by atoms with Crippen LogP contribution in [-0.4, -0.2) is 28.6 Å². The first kappa shape index (κ1) is 18.2. The van der Waals surface area contributed by atoms with Gasteiger partial charge < -0.3 is 0 Å². The first-order valence-corrected chi connectivity index (χ1v) is 11.4. The zero-order valence-corrected chi connectivity index (χ0v) is 17.1. The van der Waals surface area contributed by atoms with E-state index in [4.69, 9.17) is 11.6 Å². The quantitative estimate of drug-likeness (QED) is 0.629.